The average Bonchev–Trinajstić information content (AvgIpc) is 2.38. The van der Waals surface area contributed by atoms with Crippen LogP contribution in [0.2, 0.25) is 0 Å². The van der Waals surface area contributed by atoms with Crippen LogP contribution in [0.15, 0.2) is 12.3 Å². The van der Waals surface area contributed by atoms with Crippen LogP contribution in [0.1, 0.15) is 18.9 Å². The van der Waals surface area contributed by atoms with Crippen molar-refractivity contribution in [3.8, 4) is 0 Å². The van der Waals surface area contributed by atoms with Gasteiger partial charge in [-0.1, -0.05) is 14.9 Å². The van der Waals surface area contributed by atoms with Gasteiger partial charge in [-0.3, -0.25) is 4.98 Å². The fourth-order valence-electron chi connectivity index (χ4n) is 1.93. The van der Waals surface area contributed by atoms with E-state index in [1.165, 1.54) is 5.56 Å². The van der Waals surface area contributed by atoms with E-state index in [1.54, 1.807) is 6.20 Å². The minimum absolute atomic E-state index is 0.00269. The Labute approximate surface area is 115 Å². The monoisotopic (exact) mass is 319 g/mol. The highest BCUT2D eigenvalue weighted by atomic mass is 32.6. The first kappa shape index (κ1) is 14.5. The van der Waals surface area contributed by atoms with Gasteiger partial charge in [0.2, 0.25) is 0 Å². The average molecular weight is 319 g/mol. The van der Waals surface area contributed by atoms with E-state index in [4.69, 9.17) is 0 Å². The van der Waals surface area contributed by atoms with Gasteiger partial charge in [-0.2, -0.15) is 0 Å². The number of pyridine rings is 1. The van der Waals surface area contributed by atoms with Gasteiger partial charge < -0.3 is 10.2 Å². The third-order valence-corrected chi connectivity index (χ3v) is 12.6. The summed E-state index contributed by atoms with van der Waals surface area (Å²) in [7, 11) is 6.14. The molecule has 4 nitrogen and oxygen atoms in total. The number of rotatable bonds is 4. The standard InChI is InChI=1S/C10H17N3OP4/c1-2-5-13-6-7-8(12-10(13)14)3-4-11-9(7)18(16)17-15/h3-4,17H,2,5-6,15-16H2,1H3,(H,12,14). The van der Waals surface area contributed by atoms with Crippen molar-refractivity contribution >= 4 is 50.3 Å². The molecule has 1 N–H and O–H groups in total. The quantitative estimate of drug-likeness (QED) is 0.867. The number of hydrogen-bond donors (Lipinski definition) is 1. The SMILES string of the molecule is CCCN1Cc2c(ccnc2P(P)PP)NC1=O. The smallest absolute Gasteiger partial charge is 0.320 e. The molecule has 2 heterocycles. The van der Waals surface area contributed by atoms with Gasteiger partial charge >= 0.3 is 6.03 Å². The first-order chi connectivity index (χ1) is 8.67. The van der Waals surface area contributed by atoms with Gasteiger partial charge in [-0.05, 0) is 19.8 Å². The Kier molecular flexibility index (Phi) is 5.28. The van der Waals surface area contributed by atoms with Crippen molar-refractivity contribution < 1.29 is 4.79 Å². The van der Waals surface area contributed by atoms with Crippen LogP contribution in [0.3, 0.4) is 0 Å². The number of amides is 2. The number of carbonyl (C=O) groups is 1. The fourth-order valence-corrected chi connectivity index (χ4v) is 5.44. The van der Waals surface area contributed by atoms with E-state index in [1.807, 2.05) is 11.0 Å². The molecule has 0 spiro atoms. The van der Waals surface area contributed by atoms with Crippen molar-refractivity contribution in [2.75, 3.05) is 11.9 Å². The molecule has 0 aliphatic carbocycles. The molecule has 1 aromatic rings. The molecule has 2 rings (SSSR count). The lowest BCUT2D eigenvalue weighted by molar-refractivity contribution is 0.207. The molecule has 1 aliphatic rings. The Morgan fingerprint density at radius 1 is 1.67 bits per heavy atom. The molecule has 0 saturated carbocycles. The largest absolute Gasteiger partial charge is 0.322 e. The first-order valence-corrected chi connectivity index (χ1v) is 12.3. The lowest BCUT2D eigenvalue weighted by Gasteiger charge is -2.30. The zero-order valence-electron chi connectivity index (χ0n) is 10.2. The lowest BCUT2D eigenvalue weighted by Crippen LogP contribution is -2.41. The molecule has 0 saturated heterocycles. The predicted molar refractivity (Wildman–Crippen MR) is 88.2 cm³/mol. The fraction of sp³-hybridized carbons (Fsp3) is 0.400. The summed E-state index contributed by atoms with van der Waals surface area (Å²) in [6.45, 7) is 3.55. The van der Waals surface area contributed by atoms with E-state index >= 15 is 0 Å². The zero-order valence-corrected chi connectivity index (χ0v) is 14.4. The maximum absolute atomic E-state index is 11.9. The molecule has 4 unspecified atom stereocenters. The molecule has 0 aromatic carbocycles. The van der Waals surface area contributed by atoms with Crippen molar-refractivity contribution in [1.82, 2.24) is 9.88 Å². The van der Waals surface area contributed by atoms with Crippen LogP contribution in [0.25, 0.3) is 0 Å². The van der Waals surface area contributed by atoms with Gasteiger partial charge in [-0.25, -0.2) is 4.79 Å². The van der Waals surface area contributed by atoms with E-state index in [0.29, 0.717) is 6.54 Å². The molecule has 0 radical (unpaired) electrons. The summed E-state index contributed by atoms with van der Waals surface area (Å²) in [5, 5.41) is 2.96. The molecule has 0 fully saturated rings. The van der Waals surface area contributed by atoms with E-state index in [9.17, 15) is 4.79 Å². The third kappa shape index (κ3) is 3.00. The second kappa shape index (κ2) is 6.53. The van der Waals surface area contributed by atoms with Crippen LogP contribution < -0.4 is 10.8 Å². The van der Waals surface area contributed by atoms with Crippen molar-refractivity contribution in [2.45, 2.75) is 19.9 Å². The van der Waals surface area contributed by atoms with Crippen LogP contribution in [-0.2, 0) is 6.54 Å². The Bertz CT molecular complexity index is 457. The Hall–Kier alpha value is 0.140. The van der Waals surface area contributed by atoms with Gasteiger partial charge in [0.25, 0.3) is 0 Å². The van der Waals surface area contributed by atoms with E-state index < -0.39 is 0 Å². The second-order valence-electron chi connectivity index (χ2n) is 4.01. The number of urea groups is 1. The maximum atomic E-state index is 11.9. The molecule has 1 aliphatic heterocycles. The highest BCUT2D eigenvalue weighted by molar-refractivity contribution is 8.63. The summed E-state index contributed by atoms with van der Waals surface area (Å²) < 4.78 is 0. The van der Waals surface area contributed by atoms with Crippen LogP contribution in [0, 0.1) is 0 Å². The number of nitrogens with one attached hydrogen (secondary N) is 1. The summed E-state index contributed by atoms with van der Waals surface area (Å²) in [5.41, 5.74) is 3.25. The number of hydrogen-bond acceptors (Lipinski definition) is 2. The summed E-state index contributed by atoms with van der Waals surface area (Å²) >= 11 is 0. The van der Waals surface area contributed by atoms with E-state index in [0.717, 1.165) is 32.0 Å². The number of carbonyl (C=O) groups excluding carboxylic acids is 1. The van der Waals surface area contributed by atoms with Crippen molar-refractivity contribution in [3.05, 3.63) is 17.8 Å². The van der Waals surface area contributed by atoms with Gasteiger partial charge in [-0.15, -0.1) is 17.9 Å². The summed E-state index contributed by atoms with van der Waals surface area (Å²) in [6.07, 6.45) is 2.76. The Morgan fingerprint density at radius 2 is 2.44 bits per heavy atom. The van der Waals surface area contributed by atoms with Crippen molar-refractivity contribution in [3.63, 3.8) is 0 Å². The number of fused-ring (bicyclic) bond motifs is 1. The van der Waals surface area contributed by atoms with Crippen molar-refractivity contribution in [2.24, 2.45) is 0 Å². The van der Waals surface area contributed by atoms with Crippen molar-refractivity contribution in [1.29, 1.82) is 0 Å². The first-order valence-electron chi connectivity index (χ1n) is 5.72. The van der Waals surface area contributed by atoms with E-state index in [2.05, 4.69) is 35.1 Å². The van der Waals surface area contributed by atoms with E-state index in [-0.39, 0.29) is 13.3 Å². The lowest BCUT2D eigenvalue weighted by atomic mass is 10.2. The Morgan fingerprint density at radius 3 is 3.11 bits per heavy atom. The number of anilines is 1. The molecule has 4 atom stereocenters. The summed E-state index contributed by atoms with van der Waals surface area (Å²) in [5.74, 6) is 0. The van der Waals surface area contributed by atoms with Crippen LogP contribution in [-0.4, -0.2) is 22.5 Å². The Balaban J connectivity index is 2.35. The van der Waals surface area contributed by atoms with Crippen LogP contribution in [0.4, 0.5) is 10.5 Å². The topological polar surface area (TPSA) is 45.2 Å². The summed E-state index contributed by atoms with van der Waals surface area (Å²) in [4.78, 5) is 18.3. The zero-order chi connectivity index (χ0) is 13.1. The molecular weight excluding hydrogens is 302 g/mol. The minimum atomic E-state index is -0.312. The minimum Gasteiger partial charge on any atom is -0.320 e. The number of nitrogens with zero attached hydrogens (tertiary/aromatic N) is 2. The highest BCUT2D eigenvalue weighted by Gasteiger charge is 2.25. The van der Waals surface area contributed by atoms with Gasteiger partial charge in [0.1, 0.15) is 0 Å². The van der Waals surface area contributed by atoms with Gasteiger partial charge in [0.05, 0.1) is 17.7 Å². The predicted octanol–water partition coefficient (Wildman–Crippen LogP) is 3.12. The van der Waals surface area contributed by atoms with Gasteiger partial charge in [0, 0.05) is 18.3 Å². The highest BCUT2D eigenvalue weighted by Crippen LogP contribution is 2.65. The van der Waals surface area contributed by atoms with Gasteiger partial charge in [0.15, 0.2) is 0 Å². The summed E-state index contributed by atoms with van der Waals surface area (Å²) in [6, 6.07) is 1.89. The van der Waals surface area contributed by atoms with Crippen LogP contribution >= 0.6 is 33.1 Å². The molecule has 8 heteroatoms. The molecule has 1 aromatic heterocycles. The molecule has 0 bridgehead atoms. The molecule has 2 amide bonds. The normalized spacial score (nSPS) is 16.8. The number of aromatic nitrogens is 1. The molecule has 18 heavy (non-hydrogen) atoms. The second-order valence-corrected chi connectivity index (χ2v) is 13.1. The van der Waals surface area contributed by atoms with Crippen LogP contribution in [0.5, 0.6) is 0 Å². The third-order valence-electron chi connectivity index (χ3n) is 2.77. The maximum Gasteiger partial charge on any atom is 0.322 e. The molecular formula is C10H17N3OP4. The molecule has 98 valence electrons.